The van der Waals surface area contributed by atoms with Gasteiger partial charge in [-0.1, -0.05) is 243 Å². The fraction of sp³-hybridized carbons (Fsp3) is 0.0270. The number of benzene rings is 13. The van der Waals surface area contributed by atoms with Crippen LogP contribution in [0.15, 0.2) is 279 Å². The van der Waals surface area contributed by atoms with Crippen molar-refractivity contribution in [3.8, 4) is 27.9 Å². The van der Waals surface area contributed by atoms with Crippen molar-refractivity contribution in [1.82, 2.24) is 4.57 Å². The molecule has 76 heavy (non-hydrogen) atoms. The van der Waals surface area contributed by atoms with Gasteiger partial charge in [0.25, 0.3) is 0 Å². The summed E-state index contributed by atoms with van der Waals surface area (Å²) >= 11 is 0. The van der Waals surface area contributed by atoms with Crippen LogP contribution in [-0.2, 0) is 10.8 Å². The predicted molar refractivity (Wildman–Crippen MR) is 316 cm³/mol. The van der Waals surface area contributed by atoms with Crippen molar-refractivity contribution in [3.05, 3.63) is 324 Å². The topological polar surface area (TPSA) is 8.17 Å². The Kier molecular flexibility index (Phi) is 8.44. The van der Waals surface area contributed by atoms with Crippen molar-refractivity contribution < 1.29 is 0 Å². The molecule has 1 atom stereocenters. The van der Waals surface area contributed by atoms with Gasteiger partial charge in [-0.15, -0.1) is 0 Å². The molecule has 0 radical (unpaired) electrons. The van der Waals surface area contributed by atoms with Gasteiger partial charge in [0.05, 0.1) is 38.9 Å². The molecule has 2 nitrogen and oxygen atoms in total. The van der Waals surface area contributed by atoms with Gasteiger partial charge in [-0.25, -0.2) is 0 Å². The first-order chi connectivity index (χ1) is 37.7. The van der Waals surface area contributed by atoms with E-state index in [9.17, 15) is 0 Å². The highest BCUT2D eigenvalue weighted by Gasteiger charge is 2.52. The Balaban J connectivity index is 1.02. The van der Waals surface area contributed by atoms with Crippen LogP contribution in [0.1, 0.15) is 44.5 Å². The van der Waals surface area contributed by atoms with Crippen LogP contribution in [0.5, 0.6) is 0 Å². The van der Waals surface area contributed by atoms with Gasteiger partial charge in [-0.2, -0.15) is 0 Å². The Morgan fingerprint density at radius 1 is 0.289 bits per heavy atom. The lowest BCUT2D eigenvalue weighted by atomic mass is 9.65. The van der Waals surface area contributed by atoms with Gasteiger partial charge < -0.3 is 9.47 Å². The van der Waals surface area contributed by atoms with Crippen LogP contribution >= 0.6 is 0 Å². The smallest absolute Gasteiger partial charge is 0.0755 e. The van der Waals surface area contributed by atoms with E-state index in [4.69, 9.17) is 0 Å². The zero-order valence-corrected chi connectivity index (χ0v) is 41.5. The second kappa shape index (κ2) is 15.4. The van der Waals surface area contributed by atoms with Gasteiger partial charge in [0.15, 0.2) is 0 Å². The molecule has 1 aromatic heterocycles. The first-order valence-corrected chi connectivity index (χ1v) is 26.6. The Hall–Kier alpha value is -9.76. The van der Waals surface area contributed by atoms with Gasteiger partial charge in [0, 0.05) is 27.4 Å². The van der Waals surface area contributed by atoms with Crippen LogP contribution in [0.3, 0.4) is 0 Å². The lowest BCUT2D eigenvalue weighted by Crippen LogP contribution is -2.33. The van der Waals surface area contributed by atoms with Crippen molar-refractivity contribution in [2.75, 3.05) is 4.90 Å². The molecule has 1 spiro atoms. The molecule has 3 aliphatic rings. The molecule has 1 aliphatic heterocycles. The standard InChI is InChI=1S/C74H46N2/c1-3-23-49(24-4-1)73(50-25-5-2-6-26-50)63-44-41-47-21-7-10-28-53(47)70(63)59-43-42-51(46-65(59)73)75(69-45-48-22-8-9-27-52(48)54-29-11-12-30-55(54)69)68-40-20-36-62-71(68)58-32-13-15-34-60(58)74(62)61-35-16-18-39-67(61)76-66-38-17-14-31-56(66)57-33-19-37-64(74)72(57)76/h1-46H. The molecule has 0 saturated carbocycles. The van der Waals surface area contributed by atoms with E-state index in [-0.39, 0.29) is 0 Å². The minimum Gasteiger partial charge on any atom is -0.309 e. The Labute approximate surface area is 440 Å². The van der Waals surface area contributed by atoms with Crippen molar-refractivity contribution in [2.45, 2.75) is 10.8 Å². The molecule has 352 valence electrons. The summed E-state index contributed by atoms with van der Waals surface area (Å²) in [4.78, 5) is 2.62. The molecule has 13 aromatic carbocycles. The van der Waals surface area contributed by atoms with E-state index in [1.807, 2.05) is 0 Å². The molecule has 0 N–H and O–H groups in total. The fourth-order valence-corrected chi connectivity index (χ4v) is 14.8. The summed E-state index contributed by atoms with van der Waals surface area (Å²) in [5, 5.41) is 9.94. The zero-order chi connectivity index (χ0) is 49.7. The van der Waals surface area contributed by atoms with E-state index in [2.05, 4.69) is 289 Å². The minimum atomic E-state index is -0.622. The molecular weight excluding hydrogens is 917 g/mol. The number of aromatic nitrogens is 1. The highest BCUT2D eigenvalue weighted by atomic mass is 15.1. The van der Waals surface area contributed by atoms with Gasteiger partial charge in [0.2, 0.25) is 0 Å². The second-order valence-electron chi connectivity index (χ2n) is 21.0. The second-order valence-corrected chi connectivity index (χ2v) is 21.0. The quantitative estimate of drug-likeness (QED) is 0.156. The summed E-state index contributed by atoms with van der Waals surface area (Å²) < 4.78 is 2.54. The van der Waals surface area contributed by atoms with E-state index in [0.29, 0.717) is 0 Å². The number of nitrogens with zero attached hydrogens (tertiary/aromatic N) is 2. The third-order valence-corrected chi connectivity index (χ3v) is 17.6. The molecule has 0 amide bonds. The van der Waals surface area contributed by atoms with Crippen LogP contribution in [0.2, 0.25) is 0 Å². The van der Waals surface area contributed by atoms with Gasteiger partial charge in [-0.3, -0.25) is 0 Å². The van der Waals surface area contributed by atoms with Gasteiger partial charge in [0.1, 0.15) is 0 Å². The molecule has 2 heteroatoms. The SMILES string of the molecule is c1ccc(C2(c3ccccc3)c3cc(N(c4cccc5c4-c4ccccc4C54c5ccccc5-n5c6ccccc6c6cccc4c65)c4cc5ccccc5c5ccccc45)ccc3-c3c2ccc2ccccc32)cc1. The van der Waals surface area contributed by atoms with Crippen LogP contribution in [-0.4, -0.2) is 4.57 Å². The lowest BCUT2D eigenvalue weighted by Gasteiger charge is -2.39. The number of para-hydroxylation sites is 3. The summed E-state index contributed by atoms with van der Waals surface area (Å²) in [6.45, 7) is 0. The van der Waals surface area contributed by atoms with E-state index in [1.165, 1.54) is 127 Å². The van der Waals surface area contributed by atoms with Crippen molar-refractivity contribution in [3.63, 3.8) is 0 Å². The number of rotatable bonds is 5. The maximum Gasteiger partial charge on any atom is 0.0755 e. The Morgan fingerprint density at radius 2 is 0.868 bits per heavy atom. The first-order valence-electron chi connectivity index (χ1n) is 26.6. The third kappa shape index (κ3) is 5.20. The van der Waals surface area contributed by atoms with Crippen LogP contribution < -0.4 is 4.90 Å². The average Bonchev–Trinajstić information content (AvgIpc) is 4.24. The van der Waals surface area contributed by atoms with Crippen molar-refractivity contribution in [2.24, 2.45) is 0 Å². The Bertz CT molecular complexity index is 4730. The highest BCUT2D eigenvalue weighted by molar-refractivity contribution is 6.17. The van der Waals surface area contributed by atoms with E-state index in [0.717, 1.165) is 17.1 Å². The van der Waals surface area contributed by atoms with E-state index >= 15 is 0 Å². The normalized spacial score (nSPS) is 15.3. The molecule has 0 saturated heterocycles. The largest absolute Gasteiger partial charge is 0.309 e. The predicted octanol–water partition coefficient (Wildman–Crippen LogP) is 18.8. The van der Waals surface area contributed by atoms with Crippen LogP contribution in [0.25, 0.3) is 82.1 Å². The molecule has 0 fully saturated rings. The number of fused-ring (bicyclic) bond motifs is 20. The van der Waals surface area contributed by atoms with Crippen LogP contribution in [0.4, 0.5) is 17.1 Å². The monoisotopic (exact) mass is 962 g/mol. The van der Waals surface area contributed by atoms with Crippen LogP contribution in [0, 0.1) is 0 Å². The number of anilines is 3. The molecule has 2 heterocycles. The molecule has 17 rings (SSSR count). The molecule has 2 aliphatic carbocycles. The fourth-order valence-electron chi connectivity index (χ4n) is 14.8. The van der Waals surface area contributed by atoms with Crippen molar-refractivity contribution >= 4 is 71.2 Å². The average molecular weight is 963 g/mol. The van der Waals surface area contributed by atoms with Gasteiger partial charge >= 0.3 is 0 Å². The highest BCUT2D eigenvalue weighted by Crippen LogP contribution is 2.65. The van der Waals surface area contributed by atoms with E-state index < -0.39 is 10.8 Å². The molecule has 1 unspecified atom stereocenters. The molecule has 14 aromatic rings. The Morgan fingerprint density at radius 3 is 1.68 bits per heavy atom. The van der Waals surface area contributed by atoms with E-state index in [1.54, 1.807) is 0 Å². The summed E-state index contributed by atoms with van der Waals surface area (Å²) in [6, 6.07) is 106. The maximum absolute atomic E-state index is 2.62. The summed E-state index contributed by atoms with van der Waals surface area (Å²) in [7, 11) is 0. The molecular formula is C74H46N2. The summed E-state index contributed by atoms with van der Waals surface area (Å²) in [5.41, 5.74) is 21.2. The van der Waals surface area contributed by atoms with Crippen molar-refractivity contribution in [1.29, 1.82) is 0 Å². The number of hydrogen-bond acceptors (Lipinski definition) is 1. The zero-order valence-electron chi connectivity index (χ0n) is 41.5. The summed E-state index contributed by atoms with van der Waals surface area (Å²) in [6.07, 6.45) is 0. The first kappa shape index (κ1) is 41.7. The minimum absolute atomic E-state index is 0.615. The van der Waals surface area contributed by atoms with Gasteiger partial charge in [-0.05, 0) is 125 Å². The maximum atomic E-state index is 2.62. The summed E-state index contributed by atoms with van der Waals surface area (Å²) in [5.74, 6) is 0. The lowest BCUT2D eigenvalue weighted by molar-refractivity contribution is 0.748. The molecule has 0 bridgehead atoms. The third-order valence-electron chi connectivity index (χ3n) is 17.6. The number of hydrogen-bond donors (Lipinski definition) is 0.